The molecule has 2 aromatic rings. The normalized spacial score (nSPS) is 14.7. The third-order valence-electron chi connectivity index (χ3n) is 5.61. The Morgan fingerprint density at radius 2 is 1.82 bits per heavy atom. The van der Waals surface area contributed by atoms with Gasteiger partial charge >= 0.3 is 0 Å². The highest BCUT2D eigenvalue weighted by atomic mass is 127. The molecule has 0 saturated carbocycles. The molecule has 1 aromatic carbocycles. The van der Waals surface area contributed by atoms with Crippen LogP contribution in [0, 0.1) is 0 Å². The Morgan fingerprint density at radius 3 is 2.48 bits per heavy atom. The lowest BCUT2D eigenvalue weighted by molar-refractivity contribution is 0.00990. The van der Waals surface area contributed by atoms with Crippen LogP contribution in [0.3, 0.4) is 0 Å². The van der Waals surface area contributed by atoms with E-state index < -0.39 is 0 Å². The molecule has 2 heterocycles. The highest BCUT2D eigenvalue weighted by Gasteiger charge is 2.21. The molecule has 1 aromatic heterocycles. The fourth-order valence-electron chi connectivity index (χ4n) is 3.82. The molecule has 1 saturated heterocycles. The maximum atomic E-state index is 11.9. The Hall–Kier alpha value is -1.91. The summed E-state index contributed by atoms with van der Waals surface area (Å²) in [4.78, 5) is 19.1. The molecule has 0 bridgehead atoms. The number of rotatable bonds is 10. The number of piperidine rings is 1. The number of nitrogens with one attached hydrogen (secondary N) is 1. The molecule has 1 N–H and O–H groups in total. The first-order chi connectivity index (χ1) is 15.7. The van der Waals surface area contributed by atoms with E-state index in [0.29, 0.717) is 19.2 Å². The molecule has 0 amide bonds. The van der Waals surface area contributed by atoms with Crippen molar-refractivity contribution in [1.29, 1.82) is 0 Å². The van der Waals surface area contributed by atoms with Crippen LogP contribution >= 0.6 is 24.0 Å². The molecular formula is C25H37IN4O3. The van der Waals surface area contributed by atoms with Crippen molar-refractivity contribution < 1.29 is 9.47 Å². The van der Waals surface area contributed by atoms with E-state index >= 15 is 0 Å². The fraction of sp³-hybridized carbons (Fsp3) is 0.520. The summed E-state index contributed by atoms with van der Waals surface area (Å²) in [6.45, 7) is 7.56. The summed E-state index contributed by atoms with van der Waals surface area (Å²) < 4.78 is 12.8. The lowest BCUT2D eigenvalue weighted by Crippen LogP contribution is -2.47. The zero-order valence-corrected chi connectivity index (χ0v) is 22.1. The fourth-order valence-corrected chi connectivity index (χ4v) is 3.82. The van der Waals surface area contributed by atoms with Crippen LogP contribution in [0.4, 0.5) is 0 Å². The Bertz CT molecular complexity index is 893. The SMILES string of the molecule is CCNC(=NCc1ccc(Cn2ccccc2=O)cc1)N1CCC(OCCCOC)CC1.I. The van der Waals surface area contributed by atoms with E-state index in [9.17, 15) is 4.79 Å². The first kappa shape index (κ1) is 27.3. The van der Waals surface area contributed by atoms with E-state index in [-0.39, 0.29) is 29.5 Å². The standard InChI is InChI=1S/C25H36N4O3.HI/c1-3-26-25(28-15-12-23(13-16-28)32-18-6-17-31-2)27-19-21-8-10-22(11-9-21)20-29-14-5-4-7-24(29)30;/h4-5,7-11,14,23H,3,6,12-13,15-20H2,1-2H3,(H,26,27);1H. The zero-order chi connectivity index (χ0) is 22.6. The minimum Gasteiger partial charge on any atom is -0.385 e. The molecule has 1 aliphatic heterocycles. The summed E-state index contributed by atoms with van der Waals surface area (Å²) >= 11 is 0. The van der Waals surface area contributed by atoms with Crippen LogP contribution in [0.15, 0.2) is 58.4 Å². The monoisotopic (exact) mass is 568 g/mol. The number of nitrogens with zero attached hydrogens (tertiary/aromatic N) is 3. The molecule has 1 fully saturated rings. The summed E-state index contributed by atoms with van der Waals surface area (Å²) in [5, 5.41) is 3.43. The van der Waals surface area contributed by atoms with Crippen molar-refractivity contribution in [2.24, 2.45) is 4.99 Å². The van der Waals surface area contributed by atoms with Gasteiger partial charge in [0.2, 0.25) is 0 Å². The summed E-state index contributed by atoms with van der Waals surface area (Å²) in [6, 6.07) is 13.6. The second-order valence-corrected chi connectivity index (χ2v) is 8.06. The number of halogens is 1. The second-order valence-electron chi connectivity index (χ2n) is 8.06. The number of guanidine groups is 1. The van der Waals surface area contributed by atoms with Gasteiger partial charge in [0.1, 0.15) is 0 Å². The van der Waals surface area contributed by atoms with Crippen molar-refractivity contribution in [2.45, 2.75) is 45.4 Å². The molecule has 0 atom stereocenters. The number of hydrogen-bond donors (Lipinski definition) is 1. The predicted molar refractivity (Wildman–Crippen MR) is 144 cm³/mol. The third kappa shape index (κ3) is 9.10. The van der Waals surface area contributed by atoms with Gasteiger partial charge in [0, 0.05) is 52.2 Å². The van der Waals surface area contributed by atoms with Crippen molar-refractivity contribution in [1.82, 2.24) is 14.8 Å². The van der Waals surface area contributed by atoms with Crippen LogP contribution in [0.25, 0.3) is 0 Å². The van der Waals surface area contributed by atoms with Gasteiger partial charge in [-0.05, 0) is 43.4 Å². The van der Waals surface area contributed by atoms with Crippen molar-refractivity contribution >= 4 is 29.9 Å². The van der Waals surface area contributed by atoms with Gasteiger partial charge < -0.3 is 24.3 Å². The Kier molecular flexibility index (Phi) is 12.5. The molecule has 0 spiro atoms. The molecule has 0 radical (unpaired) electrons. The molecule has 8 heteroatoms. The van der Waals surface area contributed by atoms with Crippen LogP contribution in [-0.4, -0.2) is 61.5 Å². The first-order valence-corrected chi connectivity index (χ1v) is 11.6. The van der Waals surface area contributed by atoms with Crippen molar-refractivity contribution in [3.63, 3.8) is 0 Å². The summed E-state index contributed by atoms with van der Waals surface area (Å²) in [6.07, 6.45) is 5.13. The lowest BCUT2D eigenvalue weighted by atomic mass is 10.1. The number of likely N-dealkylation sites (tertiary alicyclic amines) is 1. The Morgan fingerprint density at radius 1 is 1.09 bits per heavy atom. The summed E-state index contributed by atoms with van der Waals surface area (Å²) in [5.41, 5.74) is 2.27. The average Bonchev–Trinajstić information content (AvgIpc) is 2.82. The maximum Gasteiger partial charge on any atom is 0.250 e. The molecular weight excluding hydrogens is 531 g/mol. The zero-order valence-electron chi connectivity index (χ0n) is 19.7. The number of benzene rings is 1. The van der Waals surface area contributed by atoms with Crippen LogP contribution in [0.5, 0.6) is 0 Å². The van der Waals surface area contributed by atoms with Crippen molar-refractivity contribution in [3.05, 3.63) is 70.1 Å². The van der Waals surface area contributed by atoms with E-state index in [1.165, 1.54) is 0 Å². The van der Waals surface area contributed by atoms with Crippen molar-refractivity contribution in [2.75, 3.05) is 40.0 Å². The molecule has 0 aliphatic carbocycles. The summed E-state index contributed by atoms with van der Waals surface area (Å²) in [7, 11) is 1.72. The van der Waals surface area contributed by atoms with Crippen LogP contribution in [0.1, 0.15) is 37.3 Å². The quantitative estimate of drug-likeness (QED) is 0.206. The highest BCUT2D eigenvalue weighted by molar-refractivity contribution is 14.0. The average molecular weight is 569 g/mol. The van der Waals surface area contributed by atoms with E-state index in [1.807, 2.05) is 12.3 Å². The third-order valence-corrected chi connectivity index (χ3v) is 5.61. The Labute approximate surface area is 214 Å². The number of pyridine rings is 1. The first-order valence-electron chi connectivity index (χ1n) is 11.6. The summed E-state index contributed by atoms with van der Waals surface area (Å²) in [5.74, 6) is 0.963. The van der Waals surface area contributed by atoms with Crippen LogP contribution < -0.4 is 10.9 Å². The number of methoxy groups -OCH3 is 1. The molecule has 3 rings (SSSR count). The molecule has 182 valence electrons. The number of hydrogen-bond acceptors (Lipinski definition) is 4. The minimum absolute atomic E-state index is 0. The van der Waals surface area contributed by atoms with Gasteiger partial charge in [-0.15, -0.1) is 24.0 Å². The largest absolute Gasteiger partial charge is 0.385 e. The van der Waals surface area contributed by atoms with Gasteiger partial charge in [0.05, 0.1) is 19.2 Å². The Balaban J connectivity index is 0.00000385. The molecule has 0 unspecified atom stereocenters. The van der Waals surface area contributed by atoms with Gasteiger partial charge in [-0.3, -0.25) is 4.79 Å². The molecule has 33 heavy (non-hydrogen) atoms. The predicted octanol–water partition coefficient (Wildman–Crippen LogP) is 3.50. The van der Waals surface area contributed by atoms with Gasteiger partial charge in [-0.2, -0.15) is 0 Å². The molecule has 1 aliphatic rings. The van der Waals surface area contributed by atoms with Gasteiger partial charge in [-0.1, -0.05) is 30.3 Å². The highest BCUT2D eigenvalue weighted by Crippen LogP contribution is 2.15. The topological polar surface area (TPSA) is 68.1 Å². The van der Waals surface area contributed by atoms with E-state index in [2.05, 4.69) is 41.4 Å². The smallest absolute Gasteiger partial charge is 0.250 e. The molecule has 7 nitrogen and oxygen atoms in total. The second kappa shape index (κ2) is 15.1. The maximum absolute atomic E-state index is 11.9. The van der Waals surface area contributed by atoms with E-state index in [0.717, 1.165) is 69.2 Å². The number of ether oxygens (including phenoxy) is 2. The van der Waals surface area contributed by atoms with Crippen molar-refractivity contribution in [3.8, 4) is 0 Å². The number of aromatic nitrogens is 1. The van der Waals surface area contributed by atoms with Gasteiger partial charge in [-0.25, -0.2) is 4.99 Å². The van der Waals surface area contributed by atoms with E-state index in [1.54, 1.807) is 23.8 Å². The minimum atomic E-state index is 0. The number of aliphatic imine (C=N–C) groups is 1. The van der Waals surface area contributed by atoms with Gasteiger partial charge in [0.25, 0.3) is 5.56 Å². The van der Waals surface area contributed by atoms with E-state index in [4.69, 9.17) is 14.5 Å². The van der Waals surface area contributed by atoms with Crippen LogP contribution in [0.2, 0.25) is 0 Å². The van der Waals surface area contributed by atoms with Gasteiger partial charge in [0.15, 0.2) is 5.96 Å². The van der Waals surface area contributed by atoms with Crippen LogP contribution in [-0.2, 0) is 22.6 Å². The lowest BCUT2D eigenvalue weighted by Gasteiger charge is -2.34.